The first-order valence-electron chi connectivity index (χ1n) is 6.25. The lowest BCUT2D eigenvalue weighted by Crippen LogP contribution is -2.18. The molecule has 2 rings (SSSR count). The van der Waals surface area contributed by atoms with E-state index in [2.05, 4.69) is 0 Å². The molecular formula is C16H17F2N. The average Bonchev–Trinajstić information content (AvgIpc) is 2.37. The van der Waals surface area contributed by atoms with Gasteiger partial charge in [-0.1, -0.05) is 30.3 Å². The lowest BCUT2D eigenvalue weighted by molar-refractivity contribution is 0.519. The summed E-state index contributed by atoms with van der Waals surface area (Å²) in [6, 6.07) is 9.74. The number of rotatable bonds is 3. The molecule has 0 bridgehead atoms. The largest absolute Gasteiger partial charge is 0.323 e. The van der Waals surface area contributed by atoms with Crippen molar-refractivity contribution in [2.24, 2.45) is 5.73 Å². The lowest BCUT2D eigenvalue weighted by atomic mass is 9.95. The van der Waals surface area contributed by atoms with Gasteiger partial charge in [-0.05, 0) is 43.0 Å². The minimum Gasteiger partial charge on any atom is -0.323 e. The third-order valence-corrected chi connectivity index (χ3v) is 3.39. The minimum absolute atomic E-state index is 0.0248. The van der Waals surface area contributed by atoms with Gasteiger partial charge in [0.1, 0.15) is 11.6 Å². The van der Waals surface area contributed by atoms with Crippen LogP contribution in [0.15, 0.2) is 36.4 Å². The number of aryl methyl sites for hydroxylation is 2. The molecule has 0 radical (unpaired) electrons. The van der Waals surface area contributed by atoms with Gasteiger partial charge < -0.3 is 5.73 Å². The van der Waals surface area contributed by atoms with Gasteiger partial charge in [0.05, 0.1) is 0 Å². The fourth-order valence-corrected chi connectivity index (χ4v) is 2.20. The van der Waals surface area contributed by atoms with E-state index in [1.807, 2.05) is 31.2 Å². The molecule has 1 atom stereocenters. The molecule has 0 saturated carbocycles. The highest BCUT2D eigenvalue weighted by molar-refractivity contribution is 5.32. The van der Waals surface area contributed by atoms with E-state index in [-0.39, 0.29) is 5.56 Å². The summed E-state index contributed by atoms with van der Waals surface area (Å²) in [5, 5.41) is 0. The van der Waals surface area contributed by atoms with Crippen molar-refractivity contribution in [1.29, 1.82) is 0 Å². The summed E-state index contributed by atoms with van der Waals surface area (Å²) >= 11 is 0. The molecule has 3 heteroatoms. The second kappa shape index (κ2) is 5.49. The first-order chi connectivity index (χ1) is 9.00. The summed E-state index contributed by atoms with van der Waals surface area (Å²) in [7, 11) is 0. The Balaban J connectivity index is 2.33. The molecule has 0 amide bonds. The van der Waals surface area contributed by atoms with Crippen molar-refractivity contribution in [3.63, 3.8) is 0 Å². The van der Waals surface area contributed by atoms with Gasteiger partial charge in [-0.25, -0.2) is 8.78 Å². The summed E-state index contributed by atoms with van der Waals surface area (Å²) in [5.41, 5.74) is 8.46. The molecule has 1 nitrogen and oxygen atoms in total. The molecule has 0 aliphatic rings. The zero-order chi connectivity index (χ0) is 14.0. The summed E-state index contributed by atoms with van der Waals surface area (Å²) in [4.78, 5) is 0. The fraction of sp³-hybridized carbons (Fsp3) is 0.250. The molecule has 0 aliphatic carbocycles. The molecular weight excluding hydrogens is 244 g/mol. The lowest BCUT2D eigenvalue weighted by Gasteiger charge is -2.16. The van der Waals surface area contributed by atoms with Gasteiger partial charge in [-0.2, -0.15) is 0 Å². The third-order valence-electron chi connectivity index (χ3n) is 3.39. The molecule has 100 valence electrons. The first kappa shape index (κ1) is 13.7. The highest BCUT2D eigenvalue weighted by Crippen LogP contribution is 2.25. The van der Waals surface area contributed by atoms with Gasteiger partial charge in [0.25, 0.3) is 0 Å². The highest BCUT2D eigenvalue weighted by atomic mass is 19.1. The van der Waals surface area contributed by atoms with E-state index in [1.165, 1.54) is 12.1 Å². The number of hydrogen-bond acceptors (Lipinski definition) is 1. The molecule has 0 heterocycles. The van der Waals surface area contributed by atoms with E-state index in [0.717, 1.165) is 11.1 Å². The Morgan fingerprint density at radius 2 is 1.68 bits per heavy atom. The topological polar surface area (TPSA) is 26.0 Å². The monoisotopic (exact) mass is 261 g/mol. The van der Waals surface area contributed by atoms with Gasteiger partial charge >= 0.3 is 0 Å². The quantitative estimate of drug-likeness (QED) is 0.893. The average molecular weight is 261 g/mol. The normalized spacial score (nSPS) is 12.5. The van der Waals surface area contributed by atoms with Crippen LogP contribution in [0.3, 0.4) is 0 Å². The predicted molar refractivity (Wildman–Crippen MR) is 72.9 cm³/mol. The third kappa shape index (κ3) is 2.82. The zero-order valence-corrected chi connectivity index (χ0v) is 11.1. The van der Waals surface area contributed by atoms with Crippen LogP contribution >= 0.6 is 0 Å². The molecule has 1 unspecified atom stereocenters. The Morgan fingerprint density at radius 1 is 1.00 bits per heavy atom. The van der Waals surface area contributed by atoms with Gasteiger partial charge in [0.2, 0.25) is 0 Å². The summed E-state index contributed by atoms with van der Waals surface area (Å²) in [5.74, 6) is -1.12. The van der Waals surface area contributed by atoms with Crippen molar-refractivity contribution in [3.8, 4) is 0 Å². The molecule has 2 N–H and O–H groups in total. The van der Waals surface area contributed by atoms with E-state index in [1.54, 1.807) is 6.92 Å². The van der Waals surface area contributed by atoms with Crippen LogP contribution in [0, 0.1) is 25.5 Å². The first-order valence-corrected chi connectivity index (χ1v) is 6.25. The van der Waals surface area contributed by atoms with Crippen LogP contribution in [0.25, 0.3) is 0 Å². The highest BCUT2D eigenvalue weighted by Gasteiger charge is 2.19. The standard InChI is InChI=1S/C16H17F2N/c1-10-5-3-4-6-12(10)9-14(19)15-13(17)8-7-11(2)16(15)18/h3-8,14H,9,19H2,1-2H3. The van der Waals surface area contributed by atoms with Crippen LogP contribution in [-0.2, 0) is 6.42 Å². The maximum Gasteiger partial charge on any atom is 0.133 e. The van der Waals surface area contributed by atoms with Crippen LogP contribution in [-0.4, -0.2) is 0 Å². The van der Waals surface area contributed by atoms with Crippen molar-refractivity contribution in [1.82, 2.24) is 0 Å². The van der Waals surface area contributed by atoms with Gasteiger partial charge in [-0.15, -0.1) is 0 Å². The van der Waals surface area contributed by atoms with Crippen LogP contribution < -0.4 is 5.73 Å². The summed E-state index contributed by atoms with van der Waals surface area (Å²) < 4.78 is 27.8. The molecule has 0 fully saturated rings. The van der Waals surface area contributed by atoms with Crippen LogP contribution in [0.5, 0.6) is 0 Å². The molecule has 0 spiro atoms. The van der Waals surface area contributed by atoms with E-state index in [0.29, 0.717) is 12.0 Å². The Morgan fingerprint density at radius 3 is 2.37 bits per heavy atom. The van der Waals surface area contributed by atoms with Crippen LogP contribution in [0.1, 0.15) is 28.3 Å². The SMILES string of the molecule is Cc1ccccc1CC(N)c1c(F)ccc(C)c1F. The van der Waals surface area contributed by atoms with Crippen molar-refractivity contribution >= 4 is 0 Å². The summed E-state index contributed by atoms with van der Waals surface area (Å²) in [6.45, 7) is 3.57. The Hall–Kier alpha value is -1.74. The van der Waals surface area contributed by atoms with Crippen molar-refractivity contribution < 1.29 is 8.78 Å². The van der Waals surface area contributed by atoms with Gasteiger partial charge in [0, 0.05) is 11.6 Å². The molecule has 0 aromatic heterocycles. The maximum absolute atomic E-state index is 14.0. The van der Waals surface area contributed by atoms with E-state index in [4.69, 9.17) is 5.73 Å². The molecule has 19 heavy (non-hydrogen) atoms. The van der Waals surface area contributed by atoms with Crippen molar-refractivity contribution in [3.05, 3.63) is 70.3 Å². The minimum atomic E-state index is -0.680. The number of benzene rings is 2. The van der Waals surface area contributed by atoms with Crippen LogP contribution in [0.4, 0.5) is 8.78 Å². The summed E-state index contributed by atoms with van der Waals surface area (Å²) in [6.07, 6.45) is 0.421. The number of halogens is 2. The van der Waals surface area contributed by atoms with Crippen LogP contribution in [0.2, 0.25) is 0 Å². The Labute approximate surface area is 112 Å². The van der Waals surface area contributed by atoms with Crippen molar-refractivity contribution in [2.75, 3.05) is 0 Å². The molecule has 2 aromatic rings. The van der Waals surface area contributed by atoms with E-state index < -0.39 is 17.7 Å². The zero-order valence-electron chi connectivity index (χ0n) is 11.1. The second-order valence-corrected chi connectivity index (χ2v) is 4.83. The fourth-order valence-electron chi connectivity index (χ4n) is 2.20. The molecule has 0 aliphatic heterocycles. The van der Waals surface area contributed by atoms with Gasteiger partial charge in [-0.3, -0.25) is 0 Å². The maximum atomic E-state index is 14.0. The number of nitrogens with two attached hydrogens (primary N) is 1. The predicted octanol–water partition coefficient (Wildman–Crippen LogP) is 3.82. The van der Waals surface area contributed by atoms with E-state index in [9.17, 15) is 8.78 Å². The smallest absolute Gasteiger partial charge is 0.133 e. The van der Waals surface area contributed by atoms with E-state index >= 15 is 0 Å². The molecule has 0 saturated heterocycles. The second-order valence-electron chi connectivity index (χ2n) is 4.83. The molecule has 2 aromatic carbocycles. The number of hydrogen-bond donors (Lipinski definition) is 1. The van der Waals surface area contributed by atoms with Gasteiger partial charge in [0.15, 0.2) is 0 Å². The Kier molecular flexibility index (Phi) is 3.96. The van der Waals surface area contributed by atoms with Crippen molar-refractivity contribution in [2.45, 2.75) is 26.3 Å². The Bertz CT molecular complexity index is 593.